The third-order valence-electron chi connectivity index (χ3n) is 7.00. The van der Waals surface area contributed by atoms with Crippen molar-refractivity contribution in [1.29, 1.82) is 0 Å². The van der Waals surface area contributed by atoms with E-state index < -0.39 is 5.91 Å². The van der Waals surface area contributed by atoms with Crippen molar-refractivity contribution in [2.75, 3.05) is 32.7 Å². The maximum atomic E-state index is 12.7. The van der Waals surface area contributed by atoms with E-state index in [1.165, 1.54) is 11.0 Å². The predicted octanol–water partition coefficient (Wildman–Crippen LogP) is 1.03. The van der Waals surface area contributed by atoms with Crippen LogP contribution in [-0.4, -0.2) is 77.0 Å². The quantitative estimate of drug-likeness (QED) is 0.617. The van der Waals surface area contributed by atoms with Gasteiger partial charge in [-0.1, -0.05) is 6.07 Å². The van der Waals surface area contributed by atoms with E-state index >= 15 is 0 Å². The predicted molar refractivity (Wildman–Crippen MR) is 119 cm³/mol. The van der Waals surface area contributed by atoms with Crippen LogP contribution in [0.3, 0.4) is 0 Å². The molecule has 1 aromatic rings. The van der Waals surface area contributed by atoms with Crippen molar-refractivity contribution in [2.24, 2.45) is 17.6 Å². The standard InChI is InChI=1S/C24H30N4O5/c25-23(32)16-4-1-5-17(12-16)24(33)27-14-19(15-27)18-6-2-10-26(13-18)20(29)7-3-11-28-21(30)8-9-22(28)31/h1,4-5,12,18-19H,2-3,6-11,13-15H2,(H2,25,32). The summed E-state index contributed by atoms with van der Waals surface area (Å²) in [5.74, 6) is -0.184. The summed E-state index contributed by atoms with van der Waals surface area (Å²) in [4.78, 5) is 65.1. The summed E-state index contributed by atoms with van der Waals surface area (Å²) in [5, 5.41) is 0. The molecule has 0 aromatic heterocycles. The highest BCUT2D eigenvalue weighted by Crippen LogP contribution is 2.32. The Morgan fingerprint density at radius 3 is 2.30 bits per heavy atom. The van der Waals surface area contributed by atoms with E-state index in [0.717, 1.165) is 19.4 Å². The molecule has 9 heteroatoms. The largest absolute Gasteiger partial charge is 0.366 e. The molecule has 3 heterocycles. The van der Waals surface area contributed by atoms with Gasteiger partial charge in [-0.05, 0) is 49.3 Å². The number of hydrogen-bond acceptors (Lipinski definition) is 5. The Balaban J connectivity index is 1.23. The zero-order valence-corrected chi connectivity index (χ0v) is 18.7. The van der Waals surface area contributed by atoms with Crippen LogP contribution in [0.4, 0.5) is 0 Å². The second-order valence-corrected chi connectivity index (χ2v) is 9.20. The van der Waals surface area contributed by atoms with E-state index in [1.54, 1.807) is 23.1 Å². The second-order valence-electron chi connectivity index (χ2n) is 9.20. The molecule has 1 aromatic carbocycles. The minimum Gasteiger partial charge on any atom is -0.366 e. The molecule has 0 spiro atoms. The fourth-order valence-electron chi connectivity index (χ4n) is 5.00. The number of amides is 5. The van der Waals surface area contributed by atoms with Crippen LogP contribution in [0.5, 0.6) is 0 Å². The van der Waals surface area contributed by atoms with Gasteiger partial charge in [0.05, 0.1) is 0 Å². The number of carbonyl (C=O) groups excluding carboxylic acids is 5. The summed E-state index contributed by atoms with van der Waals surface area (Å²) in [6.45, 7) is 3.02. The van der Waals surface area contributed by atoms with E-state index in [0.29, 0.717) is 62.0 Å². The Bertz CT molecular complexity index is 955. The Kier molecular flexibility index (Phi) is 6.76. The molecule has 1 atom stereocenters. The van der Waals surface area contributed by atoms with Crippen LogP contribution in [0.2, 0.25) is 0 Å². The lowest BCUT2D eigenvalue weighted by Gasteiger charge is -2.46. The average Bonchev–Trinajstić information content (AvgIpc) is 3.10. The summed E-state index contributed by atoms with van der Waals surface area (Å²) in [7, 11) is 0. The molecule has 5 amide bonds. The first-order valence-electron chi connectivity index (χ1n) is 11.6. The molecule has 3 fully saturated rings. The summed E-state index contributed by atoms with van der Waals surface area (Å²) >= 11 is 0. The third kappa shape index (κ3) is 5.07. The fourth-order valence-corrected chi connectivity index (χ4v) is 5.00. The zero-order chi connectivity index (χ0) is 23.5. The number of imide groups is 1. The van der Waals surface area contributed by atoms with Gasteiger partial charge in [0, 0.05) is 63.1 Å². The van der Waals surface area contributed by atoms with Crippen molar-refractivity contribution in [3.05, 3.63) is 35.4 Å². The first-order chi connectivity index (χ1) is 15.8. The Labute approximate surface area is 192 Å². The smallest absolute Gasteiger partial charge is 0.253 e. The minimum atomic E-state index is -0.559. The van der Waals surface area contributed by atoms with Gasteiger partial charge in [0.2, 0.25) is 23.6 Å². The second kappa shape index (κ2) is 9.72. The topological polar surface area (TPSA) is 121 Å². The highest BCUT2D eigenvalue weighted by molar-refractivity contribution is 6.02. The van der Waals surface area contributed by atoms with Gasteiger partial charge in [0.15, 0.2) is 0 Å². The number of carbonyl (C=O) groups is 5. The van der Waals surface area contributed by atoms with Crippen molar-refractivity contribution >= 4 is 29.5 Å². The van der Waals surface area contributed by atoms with Gasteiger partial charge in [-0.25, -0.2) is 0 Å². The van der Waals surface area contributed by atoms with E-state index in [1.807, 2.05) is 4.90 Å². The molecule has 3 aliphatic heterocycles. The Morgan fingerprint density at radius 1 is 0.939 bits per heavy atom. The van der Waals surface area contributed by atoms with Crippen LogP contribution in [0, 0.1) is 11.8 Å². The number of primary amides is 1. The number of likely N-dealkylation sites (tertiary alicyclic amines) is 3. The maximum absolute atomic E-state index is 12.7. The molecule has 9 nitrogen and oxygen atoms in total. The summed E-state index contributed by atoms with van der Waals surface area (Å²) in [5.41, 5.74) is 6.08. The van der Waals surface area contributed by atoms with E-state index in [9.17, 15) is 24.0 Å². The minimum absolute atomic E-state index is 0.0642. The van der Waals surface area contributed by atoms with Crippen molar-refractivity contribution in [3.63, 3.8) is 0 Å². The third-order valence-corrected chi connectivity index (χ3v) is 7.00. The molecular weight excluding hydrogens is 424 g/mol. The van der Waals surface area contributed by atoms with Crippen molar-refractivity contribution < 1.29 is 24.0 Å². The summed E-state index contributed by atoms with van der Waals surface area (Å²) in [6.07, 6.45) is 3.34. The lowest BCUT2D eigenvalue weighted by atomic mass is 9.80. The molecule has 0 saturated carbocycles. The number of nitrogens with two attached hydrogens (primary N) is 1. The van der Waals surface area contributed by atoms with Crippen LogP contribution in [0.15, 0.2) is 24.3 Å². The first kappa shape index (κ1) is 22.9. The lowest BCUT2D eigenvalue weighted by Crippen LogP contribution is -2.55. The average molecular weight is 455 g/mol. The van der Waals surface area contributed by atoms with Gasteiger partial charge in [0.1, 0.15) is 0 Å². The Hall–Kier alpha value is -3.23. The zero-order valence-electron chi connectivity index (χ0n) is 18.7. The normalized spacial score (nSPS) is 21.3. The first-order valence-corrected chi connectivity index (χ1v) is 11.6. The van der Waals surface area contributed by atoms with Crippen LogP contribution in [0.1, 0.15) is 59.2 Å². The molecule has 2 N–H and O–H groups in total. The number of benzene rings is 1. The van der Waals surface area contributed by atoms with Crippen molar-refractivity contribution in [2.45, 2.75) is 38.5 Å². The molecule has 4 rings (SSSR count). The molecule has 3 saturated heterocycles. The Morgan fingerprint density at radius 2 is 1.61 bits per heavy atom. The molecule has 0 radical (unpaired) electrons. The molecule has 33 heavy (non-hydrogen) atoms. The van der Waals surface area contributed by atoms with Gasteiger partial charge in [-0.2, -0.15) is 0 Å². The van der Waals surface area contributed by atoms with Gasteiger partial charge >= 0.3 is 0 Å². The monoisotopic (exact) mass is 454 g/mol. The SMILES string of the molecule is NC(=O)c1cccc(C(=O)N2CC(C3CCCN(C(=O)CCCN4C(=O)CCC4=O)C3)C2)c1. The molecule has 3 aliphatic rings. The van der Waals surface area contributed by atoms with Gasteiger partial charge < -0.3 is 15.5 Å². The molecule has 0 aliphatic carbocycles. The van der Waals surface area contributed by atoms with E-state index in [4.69, 9.17) is 5.73 Å². The maximum Gasteiger partial charge on any atom is 0.253 e. The van der Waals surface area contributed by atoms with E-state index in [2.05, 4.69) is 0 Å². The molecule has 1 unspecified atom stereocenters. The number of rotatable bonds is 7. The van der Waals surface area contributed by atoms with E-state index in [-0.39, 0.29) is 36.5 Å². The highest BCUT2D eigenvalue weighted by Gasteiger charge is 2.39. The van der Waals surface area contributed by atoms with Crippen LogP contribution < -0.4 is 5.73 Å². The summed E-state index contributed by atoms with van der Waals surface area (Å²) < 4.78 is 0. The highest BCUT2D eigenvalue weighted by atomic mass is 16.2. The number of nitrogens with zero attached hydrogens (tertiary/aromatic N) is 3. The fraction of sp³-hybridized carbons (Fsp3) is 0.542. The van der Waals surface area contributed by atoms with Gasteiger partial charge in [0.25, 0.3) is 5.91 Å². The molecule has 176 valence electrons. The van der Waals surface area contributed by atoms with Gasteiger partial charge in [-0.3, -0.25) is 28.9 Å². The van der Waals surface area contributed by atoms with Crippen LogP contribution in [0.25, 0.3) is 0 Å². The summed E-state index contributed by atoms with van der Waals surface area (Å²) in [6, 6.07) is 6.46. The number of piperidine rings is 1. The lowest BCUT2D eigenvalue weighted by molar-refractivity contribution is -0.140. The van der Waals surface area contributed by atoms with Crippen molar-refractivity contribution in [3.8, 4) is 0 Å². The van der Waals surface area contributed by atoms with Gasteiger partial charge in [-0.15, -0.1) is 0 Å². The number of hydrogen-bond donors (Lipinski definition) is 1. The van der Waals surface area contributed by atoms with Crippen LogP contribution in [-0.2, 0) is 14.4 Å². The van der Waals surface area contributed by atoms with Crippen molar-refractivity contribution in [1.82, 2.24) is 14.7 Å². The molecule has 0 bridgehead atoms. The van der Waals surface area contributed by atoms with Crippen LogP contribution >= 0.6 is 0 Å². The molecular formula is C24H30N4O5.